The quantitative estimate of drug-likeness (QED) is 0.698. The minimum Gasteiger partial charge on any atom is -0.445 e. The predicted molar refractivity (Wildman–Crippen MR) is 83.3 cm³/mol. The molecule has 0 spiro atoms. The maximum atomic E-state index is 13.1. The Morgan fingerprint density at radius 2 is 2.00 bits per heavy atom. The Morgan fingerprint density at radius 1 is 1.22 bits per heavy atom. The summed E-state index contributed by atoms with van der Waals surface area (Å²) in [6.07, 6.45) is 0.00312. The molecule has 0 radical (unpaired) electrons. The van der Waals surface area contributed by atoms with Gasteiger partial charge in [0.1, 0.15) is 12.4 Å². The zero-order valence-corrected chi connectivity index (χ0v) is 12.2. The van der Waals surface area contributed by atoms with E-state index in [0.717, 1.165) is 5.56 Å². The number of rotatable bonds is 4. The Morgan fingerprint density at radius 3 is 2.74 bits per heavy atom. The van der Waals surface area contributed by atoms with E-state index in [9.17, 15) is 14.0 Å². The highest BCUT2D eigenvalue weighted by Crippen LogP contribution is 2.07. The first-order chi connectivity index (χ1) is 11.2. The molecule has 0 saturated carbocycles. The summed E-state index contributed by atoms with van der Waals surface area (Å²) in [5.41, 5.74) is 1.45. The summed E-state index contributed by atoms with van der Waals surface area (Å²) in [7, 11) is 0. The monoisotopic (exact) mass is 311 g/mol. The third-order valence-corrected chi connectivity index (χ3v) is 2.90. The van der Waals surface area contributed by atoms with Crippen LogP contribution in [0.1, 0.15) is 21.5 Å². The average molecular weight is 311 g/mol. The second-order valence-corrected chi connectivity index (χ2v) is 4.57. The Balaban J connectivity index is 1.82. The zero-order valence-electron chi connectivity index (χ0n) is 12.2. The summed E-state index contributed by atoms with van der Waals surface area (Å²) in [6, 6.07) is 13.0. The molecule has 0 heterocycles. The first kappa shape index (κ1) is 16.2. The molecule has 0 aliphatic heterocycles. The smallest absolute Gasteiger partial charge is 0.408 e. The summed E-state index contributed by atoms with van der Waals surface area (Å²) in [4.78, 5) is 22.3. The second kappa shape index (κ2) is 8.35. The minimum absolute atomic E-state index is 0.0302. The van der Waals surface area contributed by atoms with E-state index in [2.05, 4.69) is 17.2 Å². The molecule has 0 fully saturated rings. The third-order valence-electron chi connectivity index (χ3n) is 2.90. The topological polar surface area (TPSA) is 55.4 Å². The fourth-order valence-corrected chi connectivity index (χ4v) is 1.77. The van der Waals surface area contributed by atoms with Crippen molar-refractivity contribution in [3.63, 3.8) is 0 Å². The Bertz CT molecular complexity index is 748. The molecule has 5 heteroatoms. The fraction of sp³-hybridized carbons (Fsp3) is 0.111. The van der Waals surface area contributed by atoms with Gasteiger partial charge in [-0.1, -0.05) is 42.2 Å². The molecule has 0 atom stereocenters. The van der Waals surface area contributed by atoms with Crippen LogP contribution in [0.3, 0.4) is 0 Å². The van der Waals surface area contributed by atoms with Gasteiger partial charge in [-0.15, -0.1) is 0 Å². The highest BCUT2D eigenvalue weighted by Gasteiger charge is 2.02. The van der Waals surface area contributed by atoms with Gasteiger partial charge in [-0.25, -0.2) is 9.18 Å². The van der Waals surface area contributed by atoms with E-state index in [1.54, 1.807) is 0 Å². The number of carbonyl (C=O) groups is 2. The van der Waals surface area contributed by atoms with Crippen molar-refractivity contribution in [2.75, 3.05) is 6.54 Å². The average Bonchev–Trinajstić information content (AvgIpc) is 2.58. The van der Waals surface area contributed by atoms with E-state index < -0.39 is 11.9 Å². The highest BCUT2D eigenvalue weighted by atomic mass is 19.1. The number of amides is 1. The maximum absolute atomic E-state index is 13.1. The third kappa shape index (κ3) is 5.29. The van der Waals surface area contributed by atoms with Gasteiger partial charge < -0.3 is 10.1 Å². The summed E-state index contributed by atoms with van der Waals surface area (Å²) in [6.45, 7) is 0.196. The Labute approximate surface area is 133 Å². The van der Waals surface area contributed by atoms with Crippen LogP contribution < -0.4 is 5.32 Å². The van der Waals surface area contributed by atoms with Crippen LogP contribution in [0.5, 0.6) is 0 Å². The fourth-order valence-electron chi connectivity index (χ4n) is 1.77. The number of benzene rings is 2. The van der Waals surface area contributed by atoms with Crippen LogP contribution in [0.4, 0.5) is 9.18 Å². The van der Waals surface area contributed by atoms with Crippen molar-refractivity contribution in [3.05, 3.63) is 71.0 Å². The van der Waals surface area contributed by atoms with Crippen LogP contribution >= 0.6 is 0 Å². The molecule has 0 aliphatic carbocycles. The molecule has 0 aromatic heterocycles. The van der Waals surface area contributed by atoms with Gasteiger partial charge in [0.25, 0.3) is 0 Å². The molecule has 23 heavy (non-hydrogen) atoms. The molecular formula is C18H14FNO3. The molecular weight excluding hydrogens is 297 g/mol. The van der Waals surface area contributed by atoms with Gasteiger partial charge >= 0.3 is 6.09 Å². The van der Waals surface area contributed by atoms with Crippen molar-refractivity contribution in [2.24, 2.45) is 0 Å². The van der Waals surface area contributed by atoms with Crippen LogP contribution in [0.15, 0.2) is 48.5 Å². The Kier molecular flexibility index (Phi) is 5.89. The van der Waals surface area contributed by atoms with Crippen molar-refractivity contribution in [1.29, 1.82) is 0 Å². The van der Waals surface area contributed by atoms with E-state index in [1.807, 2.05) is 30.3 Å². The lowest BCUT2D eigenvalue weighted by Crippen LogP contribution is -2.24. The first-order valence-electron chi connectivity index (χ1n) is 6.87. The van der Waals surface area contributed by atoms with Gasteiger partial charge in [0, 0.05) is 11.1 Å². The SMILES string of the molecule is O=Cc1ccc(F)cc1C#CCNC(=O)OCc1ccccc1. The van der Waals surface area contributed by atoms with Crippen molar-refractivity contribution in [3.8, 4) is 11.8 Å². The van der Waals surface area contributed by atoms with Crippen LogP contribution in [-0.2, 0) is 11.3 Å². The molecule has 4 nitrogen and oxygen atoms in total. The lowest BCUT2D eigenvalue weighted by Gasteiger charge is -2.04. The summed E-state index contributed by atoms with van der Waals surface area (Å²) >= 11 is 0. The van der Waals surface area contributed by atoms with Crippen LogP contribution in [-0.4, -0.2) is 18.9 Å². The van der Waals surface area contributed by atoms with Gasteiger partial charge in [0.2, 0.25) is 0 Å². The van der Waals surface area contributed by atoms with E-state index in [4.69, 9.17) is 4.74 Å². The molecule has 116 valence electrons. The van der Waals surface area contributed by atoms with Crippen molar-refractivity contribution in [2.45, 2.75) is 6.61 Å². The minimum atomic E-state index is -0.599. The van der Waals surface area contributed by atoms with Crippen LogP contribution in [0.2, 0.25) is 0 Å². The van der Waals surface area contributed by atoms with Gasteiger partial charge in [-0.3, -0.25) is 4.79 Å². The second-order valence-electron chi connectivity index (χ2n) is 4.57. The van der Waals surface area contributed by atoms with Crippen LogP contribution in [0, 0.1) is 17.7 Å². The van der Waals surface area contributed by atoms with E-state index in [0.29, 0.717) is 11.8 Å². The number of halogens is 1. The number of hydrogen-bond donors (Lipinski definition) is 1. The number of nitrogens with one attached hydrogen (secondary N) is 1. The van der Waals surface area contributed by atoms with E-state index in [1.165, 1.54) is 18.2 Å². The predicted octanol–water partition coefficient (Wildman–Crippen LogP) is 2.92. The largest absolute Gasteiger partial charge is 0.445 e. The van der Waals surface area contributed by atoms with Crippen molar-refractivity contribution >= 4 is 12.4 Å². The molecule has 2 rings (SSSR count). The zero-order chi connectivity index (χ0) is 16.5. The highest BCUT2D eigenvalue weighted by molar-refractivity contribution is 5.79. The van der Waals surface area contributed by atoms with Crippen LogP contribution in [0.25, 0.3) is 0 Å². The van der Waals surface area contributed by atoms with Gasteiger partial charge in [0.15, 0.2) is 6.29 Å². The van der Waals surface area contributed by atoms with E-state index in [-0.39, 0.29) is 18.7 Å². The van der Waals surface area contributed by atoms with Crippen molar-refractivity contribution in [1.82, 2.24) is 5.32 Å². The molecule has 2 aromatic carbocycles. The molecule has 0 saturated heterocycles. The molecule has 2 aromatic rings. The number of hydrogen-bond acceptors (Lipinski definition) is 3. The van der Waals surface area contributed by atoms with Gasteiger partial charge in [-0.05, 0) is 23.8 Å². The lowest BCUT2D eigenvalue weighted by molar-refractivity contribution is 0.112. The van der Waals surface area contributed by atoms with Gasteiger partial charge in [-0.2, -0.15) is 0 Å². The molecule has 0 aliphatic rings. The summed E-state index contributed by atoms with van der Waals surface area (Å²) < 4.78 is 18.1. The number of carbonyl (C=O) groups excluding carboxylic acids is 2. The standard InChI is InChI=1S/C18H14FNO3/c19-17-9-8-16(12-21)15(11-17)7-4-10-20-18(22)23-13-14-5-2-1-3-6-14/h1-3,5-6,8-9,11-12H,10,13H2,(H,20,22). The van der Waals surface area contributed by atoms with Crippen molar-refractivity contribution < 1.29 is 18.7 Å². The molecule has 1 amide bonds. The normalized spacial score (nSPS) is 9.43. The Hall–Kier alpha value is -3.13. The molecule has 1 N–H and O–H groups in total. The molecule has 0 bridgehead atoms. The molecule has 0 unspecified atom stereocenters. The number of ether oxygens (including phenoxy) is 1. The number of aldehydes is 1. The summed E-state index contributed by atoms with van der Waals surface area (Å²) in [5, 5.41) is 2.46. The number of alkyl carbamates (subject to hydrolysis) is 1. The van der Waals surface area contributed by atoms with E-state index >= 15 is 0 Å². The lowest BCUT2D eigenvalue weighted by atomic mass is 10.1. The maximum Gasteiger partial charge on any atom is 0.408 e. The van der Waals surface area contributed by atoms with Gasteiger partial charge in [0.05, 0.1) is 6.54 Å². The first-order valence-corrected chi connectivity index (χ1v) is 6.87. The summed E-state index contributed by atoms with van der Waals surface area (Å²) in [5.74, 6) is 4.81.